The van der Waals surface area contributed by atoms with Gasteiger partial charge in [-0.3, -0.25) is 14.6 Å². The fourth-order valence-corrected chi connectivity index (χ4v) is 3.69. The average Bonchev–Trinajstić information content (AvgIpc) is 3.07. The van der Waals surface area contributed by atoms with Crippen molar-refractivity contribution < 1.29 is 4.74 Å². The van der Waals surface area contributed by atoms with E-state index in [1.165, 1.54) is 11.1 Å². The molecule has 0 spiro atoms. The van der Waals surface area contributed by atoms with E-state index in [0.717, 1.165) is 37.8 Å². The molecular weight excluding hydrogens is 352 g/mol. The molecule has 3 rings (SSSR count). The molecule has 1 fully saturated rings. The van der Waals surface area contributed by atoms with Crippen molar-refractivity contribution in [3.05, 3.63) is 53.3 Å². The Balaban J connectivity index is 1.57. The van der Waals surface area contributed by atoms with Gasteiger partial charge in [-0.15, -0.1) is 0 Å². The lowest BCUT2D eigenvalue weighted by atomic mass is 10.1. The van der Waals surface area contributed by atoms with E-state index in [1.54, 1.807) is 13.2 Å². The van der Waals surface area contributed by atoms with Crippen LogP contribution >= 0.6 is 0 Å². The summed E-state index contributed by atoms with van der Waals surface area (Å²) in [6, 6.07) is 10.6. The molecule has 2 N–H and O–H groups in total. The van der Waals surface area contributed by atoms with Crippen molar-refractivity contribution in [1.82, 2.24) is 25.3 Å². The number of nitrogens with zero attached hydrogens (tertiary/aromatic N) is 4. The summed E-state index contributed by atoms with van der Waals surface area (Å²) >= 11 is 0. The Labute approximate surface area is 167 Å². The highest BCUT2D eigenvalue weighted by Crippen LogP contribution is 2.17. The lowest BCUT2D eigenvalue weighted by Gasteiger charge is -2.35. The van der Waals surface area contributed by atoms with Crippen molar-refractivity contribution >= 4 is 5.96 Å². The molecule has 0 saturated carbocycles. The van der Waals surface area contributed by atoms with Crippen LogP contribution in [0.15, 0.2) is 41.5 Å². The predicted molar refractivity (Wildman–Crippen MR) is 112 cm³/mol. The maximum absolute atomic E-state index is 5.86. The Hall–Kier alpha value is -2.38. The molecule has 7 heteroatoms. The number of hydrogen-bond acceptors (Lipinski definition) is 4. The van der Waals surface area contributed by atoms with Gasteiger partial charge in [0.15, 0.2) is 5.96 Å². The standard InChI is InChI=1S/C21H32N6O/c1-16-13-27(14-17(2)28-16)15-19-8-6-5-7-18(19)11-23-21(22-3)24-12-20-9-10-25-26(20)4/h5-10,16-17H,11-15H2,1-4H3,(H2,22,23,24). The quantitative estimate of drug-likeness (QED) is 0.588. The summed E-state index contributed by atoms with van der Waals surface area (Å²) < 4.78 is 7.72. The van der Waals surface area contributed by atoms with Crippen molar-refractivity contribution in [3.8, 4) is 0 Å². The Morgan fingerprint density at radius 2 is 1.79 bits per heavy atom. The summed E-state index contributed by atoms with van der Waals surface area (Å²) in [7, 11) is 3.73. The molecule has 7 nitrogen and oxygen atoms in total. The van der Waals surface area contributed by atoms with E-state index in [1.807, 2.05) is 17.8 Å². The molecular formula is C21H32N6O. The van der Waals surface area contributed by atoms with Gasteiger partial charge in [0.2, 0.25) is 0 Å². The molecule has 1 aromatic heterocycles. The summed E-state index contributed by atoms with van der Waals surface area (Å²) in [5, 5.41) is 11.0. The molecule has 1 saturated heterocycles. The number of morpholine rings is 1. The van der Waals surface area contributed by atoms with Gasteiger partial charge in [-0.1, -0.05) is 24.3 Å². The summed E-state index contributed by atoms with van der Waals surface area (Å²) in [5.41, 5.74) is 3.75. The Morgan fingerprint density at radius 1 is 1.11 bits per heavy atom. The molecule has 1 aliphatic rings. The molecule has 2 unspecified atom stereocenters. The third-order valence-corrected chi connectivity index (χ3v) is 5.04. The lowest BCUT2D eigenvalue weighted by molar-refractivity contribution is -0.0705. The fourth-order valence-electron chi connectivity index (χ4n) is 3.69. The molecule has 2 atom stereocenters. The highest BCUT2D eigenvalue weighted by Gasteiger charge is 2.22. The smallest absolute Gasteiger partial charge is 0.191 e. The van der Waals surface area contributed by atoms with Gasteiger partial charge in [-0.2, -0.15) is 5.10 Å². The molecule has 0 radical (unpaired) electrons. The largest absolute Gasteiger partial charge is 0.373 e. The molecule has 2 aromatic rings. The first-order valence-corrected chi connectivity index (χ1v) is 9.91. The van der Waals surface area contributed by atoms with Gasteiger partial charge in [0, 0.05) is 46.5 Å². The number of nitrogens with one attached hydrogen (secondary N) is 2. The summed E-state index contributed by atoms with van der Waals surface area (Å²) in [6.45, 7) is 8.59. The average molecular weight is 385 g/mol. The normalized spacial score (nSPS) is 20.9. The lowest BCUT2D eigenvalue weighted by Crippen LogP contribution is -2.45. The molecule has 2 heterocycles. The number of hydrogen-bond donors (Lipinski definition) is 2. The van der Waals surface area contributed by atoms with Crippen LogP contribution in [-0.4, -0.2) is 53.0 Å². The SMILES string of the molecule is CN=C(NCc1ccccc1CN1CC(C)OC(C)C1)NCc1ccnn1C. The molecule has 152 valence electrons. The van der Waals surface area contributed by atoms with Gasteiger partial charge in [0.25, 0.3) is 0 Å². The number of aryl methyl sites for hydroxylation is 1. The van der Waals surface area contributed by atoms with Gasteiger partial charge in [0.05, 0.1) is 24.4 Å². The summed E-state index contributed by atoms with van der Waals surface area (Å²) in [5.74, 6) is 0.782. The second-order valence-corrected chi connectivity index (χ2v) is 7.45. The summed E-state index contributed by atoms with van der Waals surface area (Å²) in [4.78, 5) is 6.81. The zero-order chi connectivity index (χ0) is 19.9. The van der Waals surface area contributed by atoms with E-state index in [2.05, 4.69) is 63.7 Å². The number of guanidine groups is 1. The van der Waals surface area contributed by atoms with Crippen LogP contribution in [0.3, 0.4) is 0 Å². The van der Waals surface area contributed by atoms with Gasteiger partial charge < -0.3 is 15.4 Å². The van der Waals surface area contributed by atoms with Gasteiger partial charge in [0.1, 0.15) is 0 Å². The number of rotatable bonds is 6. The van der Waals surface area contributed by atoms with Crippen LogP contribution in [0.25, 0.3) is 0 Å². The molecule has 0 aliphatic carbocycles. The van der Waals surface area contributed by atoms with Gasteiger partial charge in [-0.05, 0) is 31.0 Å². The molecule has 1 aliphatic heterocycles. The van der Waals surface area contributed by atoms with Crippen LogP contribution in [0.2, 0.25) is 0 Å². The topological polar surface area (TPSA) is 66.7 Å². The maximum Gasteiger partial charge on any atom is 0.191 e. The second kappa shape index (κ2) is 9.71. The van der Waals surface area contributed by atoms with E-state index in [-0.39, 0.29) is 12.2 Å². The molecule has 0 amide bonds. The predicted octanol–water partition coefficient (Wildman–Crippen LogP) is 1.89. The van der Waals surface area contributed by atoms with Crippen LogP contribution in [0, 0.1) is 0 Å². The van der Waals surface area contributed by atoms with Crippen molar-refractivity contribution in [2.24, 2.45) is 12.0 Å². The van der Waals surface area contributed by atoms with Gasteiger partial charge >= 0.3 is 0 Å². The Morgan fingerprint density at radius 3 is 2.43 bits per heavy atom. The molecule has 0 bridgehead atoms. The van der Waals surface area contributed by atoms with Crippen LogP contribution in [0.4, 0.5) is 0 Å². The van der Waals surface area contributed by atoms with E-state index < -0.39 is 0 Å². The van der Waals surface area contributed by atoms with Crippen molar-refractivity contribution in [1.29, 1.82) is 0 Å². The van der Waals surface area contributed by atoms with E-state index >= 15 is 0 Å². The van der Waals surface area contributed by atoms with Crippen LogP contribution < -0.4 is 10.6 Å². The van der Waals surface area contributed by atoms with Crippen molar-refractivity contribution in [2.75, 3.05) is 20.1 Å². The third kappa shape index (κ3) is 5.56. The number of aromatic nitrogens is 2. The van der Waals surface area contributed by atoms with E-state index in [0.29, 0.717) is 6.54 Å². The van der Waals surface area contributed by atoms with Crippen LogP contribution in [0.5, 0.6) is 0 Å². The third-order valence-electron chi connectivity index (χ3n) is 5.04. The zero-order valence-electron chi connectivity index (χ0n) is 17.4. The van der Waals surface area contributed by atoms with Gasteiger partial charge in [-0.25, -0.2) is 0 Å². The first-order valence-electron chi connectivity index (χ1n) is 9.91. The maximum atomic E-state index is 5.86. The minimum atomic E-state index is 0.282. The molecule has 1 aromatic carbocycles. The Kier molecular flexibility index (Phi) is 7.06. The first kappa shape index (κ1) is 20.4. The highest BCUT2D eigenvalue weighted by molar-refractivity contribution is 5.79. The van der Waals surface area contributed by atoms with Crippen LogP contribution in [0.1, 0.15) is 30.7 Å². The summed E-state index contributed by atoms with van der Waals surface area (Å²) in [6.07, 6.45) is 2.37. The zero-order valence-corrected chi connectivity index (χ0v) is 17.4. The number of benzene rings is 1. The first-order chi connectivity index (χ1) is 13.5. The second-order valence-electron chi connectivity index (χ2n) is 7.45. The monoisotopic (exact) mass is 384 g/mol. The van der Waals surface area contributed by atoms with Crippen LogP contribution in [-0.2, 0) is 31.4 Å². The highest BCUT2D eigenvalue weighted by atomic mass is 16.5. The van der Waals surface area contributed by atoms with E-state index in [9.17, 15) is 0 Å². The number of aliphatic imine (C=N–C) groups is 1. The van der Waals surface area contributed by atoms with Crippen molar-refractivity contribution in [3.63, 3.8) is 0 Å². The minimum Gasteiger partial charge on any atom is -0.373 e. The molecule has 28 heavy (non-hydrogen) atoms. The van der Waals surface area contributed by atoms with E-state index in [4.69, 9.17) is 4.74 Å². The van der Waals surface area contributed by atoms with Crippen molar-refractivity contribution in [2.45, 2.75) is 45.7 Å². The fraction of sp³-hybridized carbons (Fsp3) is 0.524. The Bertz CT molecular complexity index is 777. The number of ether oxygens (including phenoxy) is 1. The minimum absolute atomic E-state index is 0.282.